The predicted molar refractivity (Wildman–Crippen MR) is 83.1 cm³/mol. The highest BCUT2D eigenvalue weighted by atomic mass is 16.5. The minimum Gasteiger partial charge on any atom is -0.488 e. The summed E-state index contributed by atoms with van der Waals surface area (Å²) >= 11 is 0. The number of hydrogen-bond donors (Lipinski definition) is 1. The van der Waals surface area contributed by atoms with E-state index in [0.717, 1.165) is 5.56 Å². The maximum Gasteiger partial charge on any atom is 0.339 e. The molecule has 0 aromatic heterocycles. The van der Waals surface area contributed by atoms with Crippen molar-refractivity contribution < 1.29 is 14.6 Å². The minimum absolute atomic E-state index is 0.192. The molecule has 3 heteroatoms. The molecule has 0 spiro atoms. The van der Waals surface area contributed by atoms with Gasteiger partial charge in [0.25, 0.3) is 0 Å². The smallest absolute Gasteiger partial charge is 0.339 e. The van der Waals surface area contributed by atoms with Crippen LogP contribution >= 0.6 is 0 Å². The summed E-state index contributed by atoms with van der Waals surface area (Å²) in [4.78, 5) is 11.2. The van der Waals surface area contributed by atoms with Gasteiger partial charge in [-0.2, -0.15) is 0 Å². The number of hydrogen-bond acceptors (Lipinski definition) is 2. The molecule has 0 amide bonds. The molecule has 0 aliphatic carbocycles. The fraction of sp³-hybridized carbons (Fsp3) is 0.278. The van der Waals surface area contributed by atoms with Crippen molar-refractivity contribution in [2.24, 2.45) is 0 Å². The monoisotopic (exact) mass is 284 g/mol. The Hall–Kier alpha value is -2.29. The van der Waals surface area contributed by atoms with Gasteiger partial charge < -0.3 is 9.84 Å². The van der Waals surface area contributed by atoms with Gasteiger partial charge in [0.1, 0.15) is 17.9 Å². The number of aryl methyl sites for hydroxylation is 2. The van der Waals surface area contributed by atoms with Crippen LogP contribution in [0.3, 0.4) is 0 Å². The first kappa shape index (κ1) is 15.1. The zero-order valence-corrected chi connectivity index (χ0v) is 12.9. The van der Waals surface area contributed by atoms with E-state index in [1.165, 1.54) is 22.3 Å². The van der Waals surface area contributed by atoms with Crippen LogP contribution in [0.2, 0.25) is 0 Å². The molecule has 2 rings (SSSR count). The summed E-state index contributed by atoms with van der Waals surface area (Å²) in [5.74, 6) is -0.567. The van der Waals surface area contributed by atoms with E-state index in [1.807, 2.05) is 0 Å². The molecule has 3 nitrogen and oxygen atoms in total. The Balaban J connectivity index is 2.31. The van der Waals surface area contributed by atoms with Crippen molar-refractivity contribution >= 4 is 5.97 Å². The van der Waals surface area contributed by atoms with Crippen molar-refractivity contribution in [2.45, 2.75) is 34.3 Å². The van der Waals surface area contributed by atoms with Crippen LogP contribution in [-0.2, 0) is 6.61 Å². The van der Waals surface area contributed by atoms with Gasteiger partial charge in [-0.25, -0.2) is 4.79 Å². The normalized spacial score (nSPS) is 10.5. The van der Waals surface area contributed by atoms with Gasteiger partial charge in [-0.3, -0.25) is 0 Å². The number of benzene rings is 2. The van der Waals surface area contributed by atoms with Crippen molar-refractivity contribution in [3.8, 4) is 5.75 Å². The van der Waals surface area contributed by atoms with Gasteiger partial charge in [0.15, 0.2) is 0 Å². The van der Waals surface area contributed by atoms with Crippen LogP contribution in [-0.4, -0.2) is 11.1 Å². The third-order valence-electron chi connectivity index (χ3n) is 4.01. The molecular weight excluding hydrogens is 264 g/mol. The van der Waals surface area contributed by atoms with Crippen LogP contribution in [0.25, 0.3) is 0 Å². The number of ether oxygens (including phenoxy) is 1. The Kier molecular flexibility index (Phi) is 4.32. The second-order valence-electron chi connectivity index (χ2n) is 5.33. The van der Waals surface area contributed by atoms with E-state index < -0.39 is 5.97 Å². The lowest BCUT2D eigenvalue weighted by Gasteiger charge is -2.16. The lowest BCUT2D eigenvalue weighted by molar-refractivity contribution is 0.0691. The Morgan fingerprint density at radius 2 is 1.62 bits per heavy atom. The van der Waals surface area contributed by atoms with Crippen molar-refractivity contribution in [2.75, 3.05) is 0 Å². The zero-order valence-electron chi connectivity index (χ0n) is 12.9. The van der Waals surface area contributed by atoms with E-state index in [4.69, 9.17) is 4.74 Å². The van der Waals surface area contributed by atoms with Crippen molar-refractivity contribution in [3.63, 3.8) is 0 Å². The van der Waals surface area contributed by atoms with E-state index in [-0.39, 0.29) is 5.56 Å². The third kappa shape index (κ3) is 3.07. The number of aromatic carboxylic acids is 1. The summed E-state index contributed by atoms with van der Waals surface area (Å²) in [5, 5.41) is 9.18. The first-order chi connectivity index (χ1) is 9.91. The van der Waals surface area contributed by atoms with E-state index in [0.29, 0.717) is 12.4 Å². The van der Waals surface area contributed by atoms with E-state index in [9.17, 15) is 9.90 Å². The number of carbonyl (C=O) groups is 1. The molecule has 0 aliphatic heterocycles. The van der Waals surface area contributed by atoms with Crippen LogP contribution in [0.15, 0.2) is 30.3 Å². The Bertz CT molecular complexity index is 661. The van der Waals surface area contributed by atoms with Gasteiger partial charge in [-0.1, -0.05) is 18.2 Å². The molecule has 2 aromatic rings. The quantitative estimate of drug-likeness (QED) is 0.915. The standard InChI is InChI=1S/C18H20O3/c1-11-9-12(2)14(4)16(13(11)3)10-21-17-8-6-5-7-15(17)18(19)20/h5-9H,10H2,1-4H3,(H,19,20). The lowest BCUT2D eigenvalue weighted by Crippen LogP contribution is -2.07. The summed E-state index contributed by atoms with van der Waals surface area (Å²) < 4.78 is 5.78. The number of para-hydroxylation sites is 1. The Morgan fingerprint density at radius 1 is 1.05 bits per heavy atom. The van der Waals surface area contributed by atoms with Crippen LogP contribution < -0.4 is 4.74 Å². The van der Waals surface area contributed by atoms with Crippen LogP contribution in [0, 0.1) is 27.7 Å². The molecule has 0 aliphatic rings. The van der Waals surface area contributed by atoms with Gasteiger partial charge in [-0.15, -0.1) is 0 Å². The first-order valence-corrected chi connectivity index (χ1v) is 6.93. The number of carboxylic acids is 1. The lowest BCUT2D eigenvalue weighted by atomic mass is 9.95. The highest BCUT2D eigenvalue weighted by molar-refractivity contribution is 5.90. The molecule has 0 saturated heterocycles. The second kappa shape index (κ2) is 6.00. The summed E-state index contributed by atoms with van der Waals surface area (Å²) in [7, 11) is 0. The van der Waals surface area contributed by atoms with Gasteiger partial charge in [-0.05, 0) is 67.6 Å². The maximum atomic E-state index is 11.2. The molecule has 0 atom stereocenters. The third-order valence-corrected chi connectivity index (χ3v) is 4.01. The van der Waals surface area contributed by atoms with Gasteiger partial charge in [0, 0.05) is 0 Å². The highest BCUT2D eigenvalue weighted by Crippen LogP contribution is 2.25. The SMILES string of the molecule is Cc1cc(C)c(C)c(COc2ccccc2C(=O)O)c1C. The highest BCUT2D eigenvalue weighted by Gasteiger charge is 2.13. The van der Waals surface area contributed by atoms with E-state index in [1.54, 1.807) is 24.3 Å². The minimum atomic E-state index is -0.973. The molecule has 0 fully saturated rings. The molecule has 0 unspecified atom stereocenters. The maximum absolute atomic E-state index is 11.2. The second-order valence-corrected chi connectivity index (χ2v) is 5.33. The van der Waals surface area contributed by atoms with E-state index >= 15 is 0 Å². The zero-order chi connectivity index (χ0) is 15.6. The average molecular weight is 284 g/mol. The van der Waals surface area contributed by atoms with Crippen LogP contribution in [0.1, 0.15) is 38.2 Å². The van der Waals surface area contributed by atoms with Crippen LogP contribution in [0.5, 0.6) is 5.75 Å². The Labute approximate surface area is 125 Å². The van der Waals surface area contributed by atoms with E-state index in [2.05, 4.69) is 33.8 Å². The predicted octanol–water partition coefficient (Wildman–Crippen LogP) is 4.20. The van der Waals surface area contributed by atoms with Gasteiger partial charge in [0.2, 0.25) is 0 Å². The fourth-order valence-corrected chi connectivity index (χ4v) is 2.43. The Morgan fingerprint density at radius 3 is 2.19 bits per heavy atom. The molecule has 0 saturated carbocycles. The number of rotatable bonds is 4. The molecular formula is C18H20O3. The summed E-state index contributed by atoms with van der Waals surface area (Å²) in [5.41, 5.74) is 6.17. The summed E-state index contributed by atoms with van der Waals surface area (Å²) in [6, 6.07) is 8.89. The molecule has 2 aromatic carbocycles. The summed E-state index contributed by atoms with van der Waals surface area (Å²) in [6.45, 7) is 8.69. The summed E-state index contributed by atoms with van der Waals surface area (Å²) in [6.07, 6.45) is 0. The topological polar surface area (TPSA) is 46.5 Å². The number of carboxylic acid groups (broad SMARTS) is 1. The molecule has 0 heterocycles. The van der Waals surface area contributed by atoms with Gasteiger partial charge in [0.05, 0.1) is 0 Å². The average Bonchev–Trinajstić information content (AvgIpc) is 2.45. The molecule has 110 valence electrons. The molecule has 0 bridgehead atoms. The van der Waals surface area contributed by atoms with Crippen molar-refractivity contribution in [1.82, 2.24) is 0 Å². The fourth-order valence-electron chi connectivity index (χ4n) is 2.43. The largest absolute Gasteiger partial charge is 0.488 e. The van der Waals surface area contributed by atoms with Gasteiger partial charge >= 0.3 is 5.97 Å². The molecule has 21 heavy (non-hydrogen) atoms. The molecule has 1 N–H and O–H groups in total. The molecule has 0 radical (unpaired) electrons. The first-order valence-electron chi connectivity index (χ1n) is 6.93. The van der Waals surface area contributed by atoms with Crippen LogP contribution in [0.4, 0.5) is 0 Å². The van der Waals surface area contributed by atoms with Crippen molar-refractivity contribution in [3.05, 3.63) is 63.7 Å². The van der Waals surface area contributed by atoms with Crippen molar-refractivity contribution in [1.29, 1.82) is 0 Å².